The van der Waals surface area contributed by atoms with E-state index in [1.165, 1.54) is 18.2 Å². The summed E-state index contributed by atoms with van der Waals surface area (Å²) < 4.78 is 11.2. The van der Waals surface area contributed by atoms with Gasteiger partial charge in [-0.25, -0.2) is 4.79 Å². The molecule has 0 bridgehead atoms. The first-order valence-corrected chi connectivity index (χ1v) is 15.3. The van der Waals surface area contributed by atoms with Crippen molar-refractivity contribution >= 4 is 12.0 Å². The second-order valence-electron chi connectivity index (χ2n) is 12.3. The predicted octanol–water partition coefficient (Wildman–Crippen LogP) is 8.03. The average molecular weight is 601 g/mol. The van der Waals surface area contributed by atoms with E-state index in [1.807, 2.05) is 54.6 Å². The van der Waals surface area contributed by atoms with Crippen molar-refractivity contribution in [2.45, 2.75) is 52.1 Å². The summed E-state index contributed by atoms with van der Waals surface area (Å²) in [5.74, 6) is 1.36. The van der Waals surface area contributed by atoms with Crippen LogP contribution in [0.2, 0.25) is 0 Å². The fraction of sp³-hybridized carbons (Fsp3) is 0.263. The highest BCUT2D eigenvalue weighted by molar-refractivity contribution is 5.89. The molecule has 5 aromatic rings. The lowest BCUT2D eigenvalue weighted by Crippen LogP contribution is -2.10. The maximum atomic E-state index is 11.9. The quantitative estimate of drug-likeness (QED) is 0.146. The number of aryl methyl sites for hydroxylation is 1. The van der Waals surface area contributed by atoms with Gasteiger partial charge in [0.2, 0.25) is 5.82 Å². The molecule has 1 aromatic heterocycles. The van der Waals surface area contributed by atoms with Gasteiger partial charge in [-0.2, -0.15) is 5.21 Å². The summed E-state index contributed by atoms with van der Waals surface area (Å²) in [5, 5.41) is 14.3. The molecule has 230 valence electrons. The summed E-state index contributed by atoms with van der Waals surface area (Å²) in [6.07, 6.45) is 7.14. The second kappa shape index (κ2) is 14.6. The molecule has 0 aliphatic heterocycles. The van der Waals surface area contributed by atoms with E-state index in [2.05, 4.69) is 96.0 Å². The molecular formula is C38H40N4O3. The zero-order chi connectivity index (χ0) is 31.6. The van der Waals surface area contributed by atoms with Crippen molar-refractivity contribution < 1.29 is 14.3 Å². The minimum absolute atomic E-state index is 0.120. The van der Waals surface area contributed by atoms with Crippen LogP contribution in [0, 0.1) is 5.92 Å². The Hall–Kier alpha value is -5.04. The molecule has 0 amide bonds. The highest BCUT2D eigenvalue weighted by atomic mass is 16.5. The average Bonchev–Trinajstić information content (AvgIpc) is 3.61. The Bertz CT molecular complexity index is 1690. The normalized spacial score (nSPS) is 12.3. The van der Waals surface area contributed by atoms with Gasteiger partial charge in [-0.05, 0) is 76.3 Å². The SMILES string of the molecule is COC(=O)c1ccc(CC(C=Cc2ccccc2OCc2ccc(C(C)(C)C)cc2)CCc2ccc(-c3nn[nH]n3)cc2)cc1. The van der Waals surface area contributed by atoms with Crippen LogP contribution in [-0.2, 0) is 29.6 Å². The van der Waals surface area contributed by atoms with Gasteiger partial charge in [0.1, 0.15) is 12.4 Å². The minimum Gasteiger partial charge on any atom is -0.488 e. The van der Waals surface area contributed by atoms with Gasteiger partial charge in [0, 0.05) is 11.1 Å². The van der Waals surface area contributed by atoms with Crippen molar-refractivity contribution in [1.82, 2.24) is 20.6 Å². The van der Waals surface area contributed by atoms with Gasteiger partial charge in [-0.3, -0.25) is 0 Å². The number of nitrogens with one attached hydrogen (secondary N) is 1. The minimum atomic E-state index is -0.330. The summed E-state index contributed by atoms with van der Waals surface area (Å²) in [6.45, 7) is 7.17. The summed E-state index contributed by atoms with van der Waals surface area (Å²) in [7, 11) is 1.40. The summed E-state index contributed by atoms with van der Waals surface area (Å²) in [4.78, 5) is 11.9. The standard InChI is InChI=1S/C38H40N4O3/c1-38(2,3)34-23-16-30(17-24-34)26-45-35-8-6-5-7-31(35)18-13-28(25-29-14-21-33(22-15-29)37(43)44-4)10-9-27-11-19-32(20-12-27)36-39-41-42-40-36/h5-8,11-24,28H,9-10,25-26H2,1-4H3,(H,39,40,41,42). The molecule has 0 radical (unpaired) electrons. The van der Waals surface area contributed by atoms with E-state index in [4.69, 9.17) is 9.47 Å². The zero-order valence-corrected chi connectivity index (χ0v) is 26.4. The van der Waals surface area contributed by atoms with Crippen molar-refractivity contribution in [2.24, 2.45) is 5.92 Å². The van der Waals surface area contributed by atoms with Crippen LogP contribution < -0.4 is 4.74 Å². The number of methoxy groups -OCH3 is 1. The van der Waals surface area contributed by atoms with Crippen molar-refractivity contribution in [1.29, 1.82) is 0 Å². The Morgan fingerprint density at radius 2 is 1.56 bits per heavy atom. The van der Waals surface area contributed by atoms with Crippen molar-refractivity contribution in [3.8, 4) is 17.1 Å². The molecule has 0 saturated heterocycles. The van der Waals surface area contributed by atoms with Crippen molar-refractivity contribution in [3.05, 3.63) is 137 Å². The molecule has 7 heteroatoms. The van der Waals surface area contributed by atoms with E-state index in [9.17, 15) is 4.79 Å². The topological polar surface area (TPSA) is 90.0 Å². The lowest BCUT2D eigenvalue weighted by molar-refractivity contribution is 0.0600. The Morgan fingerprint density at radius 3 is 2.22 bits per heavy atom. The van der Waals surface area contributed by atoms with E-state index in [1.54, 1.807) is 0 Å². The molecule has 0 saturated carbocycles. The number of benzene rings is 4. The molecule has 0 fully saturated rings. The lowest BCUT2D eigenvalue weighted by atomic mass is 9.87. The first-order valence-electron chi connectivity index (χ1n) is 15.3. The third-order valence-electron chi connectivity index (χ3n) is 7.92. The van der Waals surface area contributed by atoms with Gasteiger partial charge in [0.05, 0.1) is 12.7 Å². The van der Waals surface area contributed by atoms with Gasteiger partial charge >= 0.3 is 5.97 Å². The number of nitrogens with zero attached hydrogens (tertiary/aromatic N) is 3. The fourth-order valence-corrected chi connectivity index (χ4v) is 5.17. The van der Waals surface area contributed by atoms with Gasteiger partial charge in [0.25, 0.3) is 0 Å². The molecule has 5 rings (SSSR count). The smallest absolute Gasteiger partial charge is 0.337 e. The third kappa shape index (κ3) is 8.76. The number of allylic oxidation sites excluding steroid dienone is 1. The van der Waals surface area contributed by atoms with Crippen LogP contribution in [-0.4, -0.2) is 33.7 Å². The monoisotopic (exact) mass is 600 g/mol. The van der Waals surface area contributed by atoms with Gasteiger partial charge in [0.15, 0.2) is 0 Å². The summed E-state index contributed by atoms with van der Waals surface area (Å²) in [5.41, 5.74) is 7.49. The number of para-hydroxylation sites is 1. The molecule has 1 heterocycles. The van der Waals surface area contributed by atoms with E-state index >= 15 is 0 Å². The lowest BCUT2D eigenvalue weighted by Gasteiger charge is -2.19. The molecule has 45 heavy (non-hydrogen) atoms. The van der Waals surface area contributed by atoms with Crippen LogP contribution in [0.15, 0.2) is 103 Å². The maximum absolute atomic E-state index is 11.9. The van der Waals surface area contributed by atoms with Crippen molar-refractivity contribution in [3.63, 3.8) is 0 Å². The first-order chi connectivity index (χ1) is 21.8. The molecule has 4 aromatic carbocycles. The van der Waals surface area contributed by atoms with E-state index in [0.717, 1.165) is 47.3 Å². The number of carbonyl (C=O) groups is 1. The number of carbonyl (C=O) groups excluding carboxylic acids is 1. The van der Waals surface area contributed by atoms with Crippen LogP contribution in [0.3, 0.4) is 0 Å². The number of H-pyrrole nitrogens is 1. The number of esters is 1. The van der Waals surface area contributed by atoms with Crippen LogP contribution >= 0.6 is 0 Å². The molecule has 0 aliphatic rings. The van der Waals surface area contributed by atoms with Crippen LogP contribution in [0.25, 0.3) is 17.5 Å². The first kappa shape index (κ1) is 31.4. The number of ether oxygens (including phenoxy) is 2. The summed E-state index contributed by atoms with van der Waals surface area (Å²) >= 11 is 0. The Morgan fingerprint density at radius 1 is 0.867 bits per heavy atom. The molecule has 0 spiro atoms. The molecule has 1 N–H and O–H groups in total. The van der Waals surface area contributed by atoms with Gasteiger partial charge in [-0.1, -0.05) is 112 Å². The third-order valence-corrected chi connectivity index (χ3v) is 7.92. The highest BCUT2D eigenvalue weighted by Crippen LogP contribution is 2.26. The van der Waals surface area contributed by atoms with E-state index < -0.39 is 0 Å². The number of rotatable bonds is 12. The van der Waals surface area contributed by atoms with Gasteiger partial charge < -0.3 is 9.47 Å². The molecule has 0 aliphatic carbocycles. The molecule has 7 nitrogen and oxygen atoms in total. The maximum Gasteiger partial charge on any atom is 0.337 e. The van der Waals surface area contributed by atoms with Crippen LogP contribution in [0.5, 0.6) is 5.75 Å². The Balaban J connectivity index is 1.30. The molecular weight excluding hydrogens is 560 g/mol. The van der Waals surface area contributed by atoms with Crippen LogP contribution in [0.1, 0.15) is 65.4 Å². The Kier molecular flexibility index (Phi) is 10.2. The second-order valence-corrected chi connectivity index (χ2v) is 12.3. The zero-order valence-electron chi connectivity index (χ0n) is 26.4. The number of aromatic nitrogens is 4. The number of tetrazole rings is 1. The van der Waals surface area contributed by atoms with Gasteiger partial charge in [-0.15, -0.1) is 10.2 Å². The fourth-order valence-electron chi connectivity index (χ4n) is 5.17. The van der Waals surface area contributed by atoms with Crippen molar-refractivity contribution in [2.75, 3.05) is 7.11 Å². The summed E-state index contributed by atoms with van der Waals surface area (Å²) in [6, 6.07) is 32.8. The van der Waals surface area contributed by atoms with E-state index in [-0.39, 0.29) is 17.3 Å². The predicted molar refractivity (Wildman–Crippen MR) is 178 cm³/mol. The molecule has 1 unspecified atom stereocenters. The number of hydrogen-bond donors (Lipinski definition) is 1. The number of hydrogen-bond acceptors (Lipinski definition) is 6. The van der Waals surface area contributed by atoms with E-state index in [0.29, 0.717) is 18.0 Å². The number of aromatic amines is 1. The van der Waals surface area contributed by atoms with Crippen LogP contribution in [0.4, 0.5) is 0 Å². The Labute approximate surface area is 265 Å². The molecule has 1 atom stereocenters. The highest BCUT2D eigenvalue weighted by Gasteiger charge is 2.14. The largest absolute Gasteiger partial charge is 0.488 e.